The summed E-state index contributed by atoms with van der Waals surface area (Å²) in [6.45, 7) is 3.43. The number of sulfone groups is 1. The molecule has 0 saturated heterocycles. The minimum Gasteiger partial charge on any atom is -0.480 e. The number of benzene rings is 1. The van der Waals surface area contributed by atoms with Gasteiger partial charge in [-0.2, -0.15) is 0 Å². The van der Waals surface area contributed by atoms with E-state index >= 15 is 0 Å². The first-order valence-electron chi connectivity index (χ1n) is 5.57. The van der Waals surface area contributed by atoms with Crippen molar-refractivity contribution in [3.8, 4) is 0 Å². The molecule has 98 valence electrons. The van der Waals surface area contributed by atoms with E-state index in [1.165, 1.54) is 6.07 Å². The van der Waals surface area contributed by atoms with Gasteiger partial charge < -0.3 is 10.0 Å². The zero-order valence-corrected chi connectivity index (χ0v) is 11.2. The van der Waals surface area contributed by atoms with Gasteiger partial charge in [0.1, 0.15) is 0 Å². The highest BCUT2D eigenvalue weighted by molar-refractivity contribution is 7.93. The highest BCUT2D eigenvalue weighted by Crippen LogP contribution is 2.38. The smallest absolute Gasteiger partial charge is 0.324 e. The first-order valence-corrected chi connectivity index (χ1v) is 7.12. The summed E-state index contributed by atoms with van der Waals surface area (Å²) in [6.07, 6.45) is 0. The van der Waals surface area contributed by atoms with E-state index in [1.807, 2.05) is 13.0 Å². The summed E-state index contributed by atoms with van der Waals surface area (Å²) >= 11 is 0. The van der Waals surface area contributed by atoms with Crippen LogP contribution in [0.1, 0.15) is 12.5 Å². The zero-order valence-electron chi connectivity index (χ0n) is 10.4. The third-order valence-corrected chi connectivity index (χ3v) is 5.69. The summed E-state index contributed by atoms with van der Waals surface area (Å²) in [4.78, 5) is 13.0. The number of anilines is 1. The summed E-state index contributed by atoms with van der Waals surface area (Å²) in [5.41, 5.74) is 1.43. The highest BCUT2D eigenvalue weighted by atomic mass is 32.2. The maximum absolute atomic E-state index is 12.3. The van der Waals surface area contributed by atoms with Crippen LogP contribution in [0.2, 0.25) is 0 Å². The molecule has 2 atom stereocenters. The third-order valence-electron chi connectivity index (χ3n) is 3.49. The van der Waals surface area contributed by atoms with Crippen LogP contribution < -0.4 is 4.90 Å². The number of hydrogen-bond acceptors (Lipinski definition) is 4. The monoisotopic (exact) mass is 269 g/mol. The Balaban J connectivity index is 2.79. The standard InChI is InChI=1S/C12H15NO4S/c1-7-5-4-6-9-10(7)13(3)8(2)11(12(14)15)18(9,16)17/h4-6,8,11H,1-3H3,(H,14,15). The van der Waals surface area contributed by atoms with Gasteiger partial charge in [-0.25, -0.2) is 8.42 Å². The maximum Gasteiger partial charge on any atom is 0.324 e. The van der Waals surface area contributed by atoms with Crippen LogP contribution in [-0.2, 0) is 14.6 Å². The molecule has 6 heteroatoms. The zero-order chi connectivity index (χ0) is 13.7. The number of fused-ring (bicyclic) bond motifs is 1. The van der Waals surface area contributed by atoms with Crippen molar-refractivity contribution in [3.63, 3.8) is 0 Å². The van der Waals surface area contributed by atoms with Gasteiger partial charge in [-0.15, -0.1) is 0 Å². The van der Waals surface area contributed by atoms with Crippen molar-refractivity contribution in [2.24, 2.45) is 0 Å². The van der Waals surface area contributed by atoms with Crippen LogP contribution in [0.15, 0.2) is 23.1 Å². The number of rotatable bonds is 1. The van der Waals surface area contributed by atoms with Crippen LogP contribution in [0, 0.1) is 6.92 Å². The fourth-order valence-electron chi connectivity index (χ4n) is 2.46. The van der Waals surface area contributed by atoms with Gasteiger partial charge in [0.15, 0.2) is 15.1 Å². The molecule has 1 N–H and O–H groups in total. The van der Waals surface area contributed by atoms with Gasteiger partial charge in [-0.3, -0.25) is 4.79 Å². The molecule has 0 saturated carbocycles. The number of hydrogen-bond donors (Lipinski definition) is 1. The molecule has 2 unspecified atom stereocenters. The van der Waals surface area contributed by atoms with E-state index in [-0.39, 0.29) is 4.90 Å². The molecule has 1 heterocycles. The lowest BCUT2D eigenvalue weighted by atomic mass is 10.1. The SMILES string of the molecule is Cc1cccc2c1N(C)C(C)C(C(=O)O)S2(=O)=O. The van der Waals surface area contributed by atoms with Crippen molar-refractivity contribution in [1.29, 1.82) is 0 Å². The second-order valence-corrected chi connectivity index (χ2v) is 6.61. The minimum absolute atomic E-state index is 0.107. The van der Waals surface area contributed by atoms with Crippen LogP contribution >= 0.6 is 0 Å². The van der Waals surface area contributed by atoms with E-state index < -0.39 is 27.1 Å². The van der Waals surface area contributed by atoms with Crippen LogP contribution in [0.5, 0.6) is 0 Å². The number of nitrogens with zero attached hydrogens (tertiary/aromatic N) is 1. The Morgan fingerprint density at radius 1 is 1.39 bits per heavy atom. The Labute approximate surface area is 106 Å². The number of carboxylic acids is 1. The summed E-state index contributed by atoms with van der Waals surface area (Å²) in [5, 5.41) is 7.73. The maximum atomic E-state index is 12.3. The molecule has 1 aliphatic rings. The molecule has 1 aromatic rings. The first-order chi connectivity index (χ1) is 8.28. The quantitative estimate of drug-likeness (QED) is 0.825. The van der Waals surface area contributed by atoms with E-state index in [9.17, 15) is 13.2 Å². The van der Waals surface area contributed by atoms with Crippen molar-refractivity contribution < 1.29 is 18.3 Å². The second-order valence-electron chi connectivity index (χ2n) is 4.58. The van der Waals surface area contributed by atoms with E-state index in [1.54, 1.807) is 24.9 Å². The van der Waals surface area contributed by atoms with Crippen molar-refractivity contribution >= 4 is 21.5 Å². The Morgan fingerprint density at radius 3 is 2.56 bits per heavy atom. The second kappa shape index (κ2) is 3.98. The molecule has 0 aliphatic carbocycles. The van der Waals surface area contributed by atoms with Gasteiger partial charge in [0, 0.05) is 7.05 Å². The van der Waals surface area contributed by atoms with Gasteiger partial charge in [0.25, 0.3) is 0 Å². The number of aryl methyl sites for hydroxylation is 1. The number of para-hydroxylation sites is 1. The van der Waals surface area contributed by atoms with Gasteiger partial charge in [-0.1, -0.05) is 12.1 Å². The number of aliphatic carboxylic acids is 1. The van der Waals surface area contributed by atoms with Crippen molar-refractivity contribution in [1.82, 2.24) is 0 Å². The number of carboxylic acid groups (broad SMARTS) is 1. The molecule has 1 aromatic carbocycles. The molecule has 0 bridgehead atoms. The lowest BCUT2D eigenvalue weighted by molar-refractivity contribution is -0.136. The average Bonchev–Trinajstić information content (AvgIpc) is 2.25. The van der Waals surface area contributed by atoms with Crippen LogP contribution in [0.4, 0.5) is 5.69 Å². The molecule has 0 spiro atoms. The topological polar surface area (TPSA) is 74.7 Å². The summed E-state index contributed by atoms with van der Waals surface area (Å²) in [7, 11) is -2.10. The van der Waals surface area contributed by atoms with Crippen LogP contribution in [0.25, 0.3) is 0 Å². The molecule has 1 aliphatic heterocycles. The lowest BCUT2D eigenvalue weighted by Crippen LogP contribution is -2.52. The van der Waals surface area contributed by atoms with Gasteiger partial charge in [0.05, 0.1) is 16.6 Å². The molecule has 5 nitrogen and oxygen atoms in total. The summed E-state index contributed by atoms with van der Waals surface area (Å²) < 4.78 is 24.7. The Hall–Kier alpha value is -1.56. The third kappa shape index (κ3) is 1.59. The van der Waals surface area contributed by atoms with Crippen LogP contribution in [0.3, 0.4) is 0 Å². The van der Waals surface area contributed by atoms with E-state index in [0.29, 0.717) is 5.69 Å². The Kier molecular flexibility index (Phi) is 2.85. The number of carbonyl (C=O) groups is 1. The van der Waals surface area contributed by atoms with Crippen molar-refractivity contribution in [2.45, 2.75) is 30.0 Å². The molecule has 0 amide bonds. The van der Waals surface area contributed by atoms with E-state index in [2.05, 4.69) is 0 Å². The molecular weight excluding hydrogens is 254 g/mol. The normalized spacial score (nSPS) is 25.6. The molecule has 0 fully saturated rings. The summed E-state index contributed by atoms with van der Waals surface area (Å²) in [6, 6.07) is 4.32. The predicted octanol–water partition coefficient (Wildman–Crippen LogP) is 1.06. The first kappa shape index (κ1) is 12.9. The van der Waals surface area contributed by atoms with Crippen molar-refractivity contribution in [3.05, 3.63) is 23.8 Å². The average molecular weight is 269 g/mol. The van der Waals surface area contributed by atoms with E-state index in [0.717, 1.165) is 5.56 Å². The Bertz CT molecular complexity index is 609. The Morgan fingerprint density at radius 2 is 2.00 bits per heavy atom. The van der Waals surface area contributed by atoms with Crippen LogP contribution in [-0.4, -0.2) is 37.8 Å². The van der Waals surface area contributed by atoms with E-state index in [4.69, 9.17) is 5.11 Å². The van der Waals surface area contributed by atoms with Gasteiger partial charge in [0.2, 0.25) is 0 Å². The molecule has 18 heavy (non-hydrogen) atoms. The fourth-order valence-corrected chi connectivity index (χ4v) is 4.54. The lowest BCUT2D eigenvalue weighted by Gasteiger charge is -2.38. The molecular formula is C12H15NO4S. The molecule has 0 aromatic heterocycles. The molecule has 2 rings (SSSR count). The van der Waals surface area contributed by atoms with Gasteiger partial charge in [-0.05, 0) is 25.5 Å². The highest BCUT2D eigenvalue weighted by Gasteiger charge is 2.46. The largest absolute Gasteiger partial charge is 0.480 e. The fraction of sp³-hybridized carbons (Fsp3) is 0.417. The minimum atomic E-state index is -3.83. The predicted molar refractivity (Wildman–Crippen MR) is 67.7 cm³/mol. The summed E-state index contributed by atoms with van der Waals surface area (Å²) in [5.74, 6) is -1.30. The van der Waals surface area contributed by atoms with Gasteiger partial charge >= 0.3 is 5.97 Å². The van der Waals surface area contributed by atoms with Crippen molar-refractivity contribution in [2.75, 3.05) is 11.9 Å². The molecule has 0 radical (unpaired) electrons.